The Morgan fingerprint density at radius 2 is 1.86 bits per heavy atom. The average Bonchev–Trinajstić information content (AvgIpc) is 2.19. The van der Waals surface area contributed by atoms with E-state index >= 15 is 0 Å². The van der Waals surface area contributed by atoms with Crippen LogP contribution in [0.25, 0.3) is 0 Å². The first-order chi connectivity index (χ1) is 6.70. The first-order valence-electron chi connectivity index (χ1n) is 4.66. The Morgan fingerprint density at radius 3 is 2.21 bits per heavy atom. The lowest BCUT2D eigenvalue weighted by Crippen LogP contribution is -1.98. The SMILES string of the molecule is CCCN.O=C(O)Cc1ccccc1. The number of rotatable bonds is 3. The maximum Gasteiger partial charge on any atom is 0.307 e. The van der Waals surface area contributed by atoms with Crippen molar-refractivity contribution >= 4 is 5.97 Å². The van der Waals surface area contributed by atoms with E-state index in [9.17, 15) is 4.79 Å². The first-order valence-corrected chi connectivity index (χ1v) is 4.66. The molecule has 1 aromatic carbocycles. The minimum atomic E-state index is -0.786. The van der Waals surface area contributed by atoms with Crippen molar-refractivity contribution in [2.45, 2.75) is 19.8 Å². The highest BCUT2D eigenvalue weighted by Crippen LogP contribution is 1.98. The van der Waals surface area contributed by atoms with Crippen LogP contribution in [0.3, 0.4) is 0 Å². The molecule has 0 aromatic heterocycles. The number of carboxylic acid groups (broad SMARTS) is 1. The molecule has 0 aliphatic carbocycles. The Bertz CT molecular complexity index is 245. The molecular formula is C11H17NO2. The number of carbonyl (C=O) groups is 1. The van der Waals surface area contributed by atoms with E-state index < -0.39 is 5.97 Å². The molecule has 1 aromatic rings. The van der Waals surface area contributed by atoms with Gasteiger partial charge < -0.3 is 10.8 Å². The van der Waals surface area contributed by atoms with Crippen LogP contribution in [-0.4, -0.2) is 17.6 Å². The molecule has 3 nitrogen and oxygen atoms in total. The van der Waals surface area contributed by atoms with E-state index in [-0.39, 0.29) is 6.42 Å². The molecule has 0 heterocycles. The zero-order valence-corrected chi connectivity index (χ0v) is 8.44. The molecule has 0 spiro atoms. The largest absolute Gasteiger partial charge is 0.481 e. The van der Waals surface area contributed by atoms with Crippen LogP contribution in [0.1, 0.15) is 18.9 Å². The number of benzene rings is 1. The Morgan fingerprint density at radius 1 is 1.36 bits per heavy atom. The summed E-state index contributed by atoms with van der Waals surface area (Å²) in [6.45, 7) is 2.88. The molecule has 0 atom stereocenters. The average molecular weight is 195 g/mol. The van der Waals surface area contributed by atoms with Gasteiger partial charge in [-0.05, 0) is 18.5 Å². The highest BCUT2D eigenvalue weighted by molar-refractivity contribution is 5.70. The van der Waals surface area contributed by atoms with E-state index in [0.717, 1.165) is 18.5 Å². The normalized spacial score (nSPS) is 8.71. The minimum Gasteiger partial charge on any atom is -0.481 e. The van der Waals surface area contributed by atoms with Gasteiger partial charge >= 0.3 is 5.97 Å². The number of hydrogen-bond acceptors (Lipinski definition) is 2. The molecule has 0 bridgehead atoms. The Kier molecular flexibility index (Phi) is 7.46. The van der Waals surface area contributed by atoms with Gasteiger partial charge in [0, 0.05) is 0 Å². The lowest BCUT2D eigenvalue weighted by molar-refractivity contribution is -0.136. The van der Waals surface area contributed by atoms with E-state index in [4.69, 9.17) is 10.8 Å². The predicted molar refractivity (Wildman–Crippen MR) is 57.1 cm³/mol. The standard InChI is InChI=1S/C8H8O2.C3H9N/c9-8(10)6-7-4-2-1-3-5-7;1-2-3-4/h1-5H,6H2,(H,9,10);2-4H2,1H3. The van der Waals surface area contributed by atoms with Crippen LogP contribution in [-0.2, 0) is 11.2 Å². The van der Waals surface area contributed by atoms with Gasteiger partial charge in [-0.15, -0.1) is 0 Å². The smallest absolute Gasteiger partial charge is 0.307 e. The van der Waals surface area contributed by atoms with E-state index in [2.05, 4.69) is 6.92 Å². The van der Waals surface area contributed by atoms with Crippen LogP contribution in [0, 0.1) is 0 Å². The third-order valence-electron chi connectivity index (χ3n) is 1.49. The summed E-state index contributed by atoms with van der Waals surface area (Å²) in [5.74, 6) is -0.786. The minimum absolute atomic E-state index is 0.112. The molecule has 14 heavy (non-hydrogen) atoms. The van der Waals surface area contributed by atoms with Gasteiger partial charge in [0.05, 0.1) is 6.42 Å². The molecular weight excluding hydrogens is 178 g/mol. The zero-order valence-electron chi connectivity index (χ0n) is 8.44. The van der Waals surface area contributed by atoms with Crippen LogP contribution in [0.5, 0.6) is 0 Å². The van der Waals surface area contributed by atoms with Gasteiger partial charge in [-0.25, -0.2) is 0 Å². The summed E-state index contributed by atoms with van der Waals surface area (Å²) in [5.41, 5.74) is 5.87. The second-order valence-electron chi connectivity index (χ2n) is 2.84. The molecule has 0 amide bonds. The van der Waals surface area contributed by atoms with Gasteiger partial charge in [-0.2, -0.15) is 0 Å². The third kappa shape index (κ3) is 7.31. The van der Waals surface area contributed by atoms with Gasteiger partial charge in [0.2, 0.25) is 0 Å². The number of carboxylic acids is 1. The third-order valence-corrected chi connectivity index (χ3v) is 1.49. The monoisotopic (exact) mass is 195 g/mol. The first kappa shape index (κ1) is 12.7. The number of aliphatic carboxylic acids is 1. The number of hydrogen-bond donors (Lipinski definition) is 2. The molecule has 0 aliphatic heterocycles. The van der Waals surface area contributed by atoms with Crippen molar-refractivity contribution in [2.24, 2.45) is 5.73 Å². The Balaban J connectivity index is 0.000000364. The lowest BCUT2D eigenvalue weighted by Gasteiger charge is -1.92. The summed E-state index contributed by atoms with van der Waals surface area (Å²) in [4.78, 5) is 10.2. The molecule has 0 radical (unpaired) electrons. The van der Waals surface area contributed by atoms with Crippen LogP contribution < -0.4 is 5.73 Å². The van der Waals surface area contributed by atoms with Crippen molar-refractivity contribution in [2.75, 3.05) is 6.54 Å². The molecule has 0 fully saturated rings. The summed E-state index contributed by atoms with van der Waals surface area (Å²) in [7, 11) is 0. The summed E-state index contributed by atoms with van der Waals surface area (Å²) in [5, 5.41) is 8.37. The molecule has 3 N–H and O–H groups in total. The van der Waals surface area contributed by atoms with Crippen molar-refractivity contribution < 1.29 is 9.90 Å². The Hall–Kier alpha value is -1.35. The van der Waals surface area contributed by atoms with Gasteiger partial charge in [-0.1, -0.05) is 37.3 Å². The highest BCUT2D eigenvalue weighted by Gasteiger charge is 1.96. The van der Waals surface area contributed by atoms with E-state index in [1.54, 1.807) is 12.1 Å². The molecule has 1 rings (SSSR count). The topological polar surface area (TPSA) is 63.3 Å². The van der Waals surface area contributed by atoms with Crippen molar-refractivity contribution in [3.63, 3.8) is 0 Å². The van der Waals surface area contributed by atoms with E-state index in [0.29, 0.717) is 0 Å². The van der Waals surface area contributed by atoms with Gasteiger partial charge in [0.15, 0.2) is 0 Å². The van der Waals surface area contributed by atoms with Gasteiger partial charge in [-0.3, -0.25) is 4.79 Å². The van der Waals surface area contributed by atoms with Crippen LogP contribution in [0.15, 0.2) is 30.3 Å². The van der Waals surface area contributed by atoms with E-state index in [1.165, 1.54) is 0 Å². The molecule has 0 saturated carbocycles. The fourth-order valence-corrected chi connectivity index (χ4v) is 0.770. The molecule has 0 unspecified atom stereocenters. The van der Waals surface area contributed by atoms with Gasteiger partial charge in [0.25, 0.3) is 0 Å². The quantitative estimate of drug-likeness (QED) is 0.771. The molecule has 0 saturated heterocycles. The zero-order chi connectivity index (χ0) is 10.8. The summed E-state index contributed by atoms with van der Waals surface area (Å²) in [6.07, 6.45) is 1.21. The van der Waals surface area contributed by atoms with Crippen LogP contribution in [0.4, 0.5) is 0 Å². The van der Waals surface area contributed by atoms with Crippen molar-refractivity contribution in [1.82, 2.24) is 0 Å². The van der Waals surface area contributed by atoms with Crippen molar-refractivity contribution in [1.29, 1.82) is 0 Å². The second kappa shape index (κ2) is 8.26. The van der Waals surface area contributed by atoms with E-state index in [1.807, 2.05) is 18.2 Å². The molecule has 78 valence electrons. The summed E-state index contributed by atoms with van der Waals surface area (Å²) < 4.78 is 0. The maximum absolute atomic E-state index is 10.2. The maximum atomic E-state index is 10.2. The van der Waals surface area contributed by atoms with Crippen LogP contribution in [0.2, 0.25) is 0 Å². The lowest BCUT2D eigenvalue weighted by atomic mass is 10.2. The number of nitrogens with two attached hydrogens (primary N) is 1. The highest BCUT2D eigenvalue weighted by atomic mass is 16.4. The fourth-order valence-electron chi connectivity index (χ4n) is 0.770. The van der Waals surface area contributed by atoms with Crippen LogP contribution >= 0.6 is 0 Å². The summed E-state index contributed by atoms with van der Waals surface area (Å²) >= 11 is 0. The molecule has 3 heteroatoms. The van der Waals surface area contributed by atoms with Gasteiger partial charge in [0.1, 0.15) is 0 Å². The Labute approximate surface area is 84.6 Å². The summed E-state index contributed by atoms with van der Waals surface area (Å²) in [6, 6.07) is 9.13. The second-order valence-corrected chi connectivity index (χ2v) is 2.84. The fraction of sp³-hybridized carbons (Fsp3) is 0.364. The van der Waals surface area contributed by atoms with Crippen molar-refractivity contribution in [3.8, 4) is 0 Å². The predicted octanol–water partition coefficient (Wildman–Crippen LogP) is 1.67. The van der Waals surface area contributed by atoms with Crippen molar-refractivity contribution in [3.05, 3.63) is 35.9 Å². The molecule has 0 aliphatic rings.